The van der Waals surface area contributed by atoms with Crippen LogP contribution in [0.2, 0.25) is 0 Å². The van der Waals surface area contributed by atoms with Crippen molar-refractivity contribution in [3.05, 3.63) is 0 Å². The Bertz CT molecular complexity index is 76.0. The third-order valence-electron chi connectivity index (χ3n) is 1.28. The predicted octanol–water partition coefficient (Wildman–Crippen LogP) is 0.121. The van der Waals surface area contributed by atoms with Crippen LogP contribution >= 0.6 is 0 Å². The van der Waals surface area contributed by atoms with Gasteiger partial charge in [-0.15, -0.1) is 0 Å². The van der Waals surface area contributed by atoms with Crippen LogP contribution in [0.5, 0.6) is 0 Å². The molecule has 0 saturated heterocycles. The van der Waals surface area contributed by atoms with E-state index in [-0.39, 0.29) is 6.04 Å². The van der Waals surface area contributed by atoms with Crippen molar-refractivity contribution in [1.29, 1.82) is 0 Å². The average molecular weight is 147 g/mol. The zero-order valence-corrected chi connectivity index (χ0v) is 6.71. The van der Waals surface area contributed by atoms with E-state index in [4.69, 9.17) is 15.6 Å². The highest BCUT2D eigenvalue weighted by molar-refractivity contribution is 4.65. The fourth-order valence-corrected chi connectivity index (χ4v) is 0.503. The summed E-state index contributed by atoms with van der Waals surface area (Å²) in [5.41, 5.74) is 5.48. The third kappa shape index (κ3) is 4.73. The van der Waals surface area contributed by atoms with Crippen LogP contribution in [0.15, 0.2) is 0 Å². The highest BCUT2D eigenvalue weighted by Gasteiger charge is 2.07. The van der Waals surface area contributed by atoms with Crippen LogP contribution in [0, 0.1) is 0 Å². The molecule has 1 unspecified atom stereocenters. The van der Waals surface area contributed by atoms with E-state index in [1.54, 1.807) is 6.92 Å². The molecule has 0 amide bonds. The molecule has 3 heteroatoms. The Kier molecular flexibility index (Phi) is 5.58. The molecule has 0 spiro atoms. The Hall–Kier alpha value is -0.120. The first-order valence-electron chi connectivity index (χ1n) is 3.69. The van der Waals surface area contributed by atoms with Crippen molar-refractivity contribution in [2.75, 3.05) is 13.2 Å². The van der Waals surface area contributed by atoms with Crippen LogP contribution in [-0.4, -0.2) is 30.5 Å². The molecule has 0 fully saturated rings. The number of hydrogen-bond acceptors (Lipinski definition) is 3. The molecule has 0 rings (SSSR count). The van der Waals surface area contributed by atoms with Gasteiger partial charge in [0.1, 0.15) is 0 Å². The van der Waals surface area contributed by atoms with Crippen LogP contribution in [0.4, 0.5) is 0 Å². The van der Waals surface area contributed by atoms with E-state index in [0.717, 1.165) is 13.0 Å². The fraction of sp³-hybridized carbons (Fsp3) is 1.00. The van der Waals surface area contributed by atoms with Gasteiger partial charge in [0.15, 0.2) is 0 Å². The molecule has 3 nitrogen and oxygen atoms in total. The zero-order chi connectivity index (χ0) is 7.98. The molecule has 0 aliphatic carbocycles. The molecule has 10 heavy (non-hydrogen) atoms. The Morgan fingerprint density at radius 1 is 1.60 bits per heavy atom. The van der Waals surface area contributed by atoms with Crippen molar-refractivity contribution >= 4 is 0 Å². The van der Waals surface area contributed by atoms with Gasteiger partial charge in [-0.25, -0.2) is 0 Å². The lowest BCUT2D eigenvalue weighted by molar-refractivity contribution is 0.0709. The van der Waals surface area contributed by atoms with Gasteiger partial charge in [-0.2, -0.15) is 0 Å². The van der Waals surface area contributed by atoms with E-state index in [1.165, 1.54) is 0 Å². The van der Waals surface area contributed by atoms with Crippen molar-refractivity contribution in [2.45, 2.75) is 32.4 Å². The topological polar surface area (TPSA) is 55.5 Å². The second kappa shape index (κ2) is 5.65. The SMILES string of the molecule is CCCOC[C@@H](N)C(C)O. The fourth-order valence-electron chi connectivity index (χ4n) is 0.503. The number of nitrogens with two attached hydrogens (primary N) is 1. The highest BCUT2D eigenvalue weighted by Crippen LogP contribution is 1.90. The van der Waals surface area contributed by atoms with E-state index in [2.05, 4.69) is 0 Å². The largest absolute Gasteiger partial charge is 0.392 e. The molecular formula is C7H17NO2. The van der Waals surface area contributed by atoms with E-state index in [1.807, 2.05) is 6.92 Å². The summed E-state index contributed by atoms with van der Waals surface area (Å²) in [4.78, 5) is 0. The molecule has 62 valence electrons. The Morgan fingerprint density at radius 2 is 2.20 bits per heavy atom. The van der Waals surface area contributed by atoms with Crippen LogP contribution in [0.3, 0.4) is 0 Å². The van der Waals surface area contributed by atoms with Crippen LogP contribution in [0.25, 0.3) is 0 Å². The number of aliphatic hydroxyl groups is 1. The van der Waals surface area contributed by atoms with Crippen molar-refractivity contribution < 1.29 is 9.84 Å². The van der Waals surface area contributed by atoms with Gasteiger partial charge in [0.05, 0.1) is 18.8 Å². The molecule has 0 aliphatic heterocycles. The van der Waals surface area contributed by atoms with Gasteiger partial charge < -0.3 is 15.6 Å². The van der Waals surface area contributed by atoms with Gasteiger partial charge in [-0.3, -0.25) is 0 Å². The first-order valence-corrected chi connectivity index (χ1v) is 3.69. The minimum Gasteiger partial charge on any atom is -0.392 e. The summed E-state index contributed by atoms with van der Waals surface area (Å²) >= 11 is 0. The quantitative estimate of drug-likeness (QED) is 0.543. The number of rotatable bonds is 5. The van der Waals surface area contributed by atoms with Crippen LogP contribution in [-0.2, 0) is 4.74 Å². The smallest absolute Gasteiger partial charge is 0.0685 e. The molecule has 0 bridgehead atoms. The van der Waals surface area contributed by atoms with Gasteiger partial charge in [0.25, 0.3) is 0 Å². The molecule has 3 N–H and O–H groups in total. The van der Waals surface area contributed by atoms with Crippen molar-refractivity contribution in [3.63, 3.8) is 0 Å². The maximum atomic E-state index is 8.92. The maximum absolute atomic E-state index is 8.92. The van der Waals surface area contributed by atoms with Gasteiger partial charge >= 0.3 is 0 Å². The lowest BCUT2D eigenvalue weighted by Gasteiger charge is -2.13. The Labute approximate surface area is 62.2 Å². The third-order valence-corrected chi connectivity index (χ3v) is 1.28. The number of aliphatic hydroxyl groups excluding tert-OH is 1. The Morgan fingerprint density at radius 3 is 2.60 bits per heavy atom. The molecule has 2 atom stereocenters. The van der Waals surface area contributed by atoms with Gasteiger partial charge in [0.2, 0.25) is 0 Å². The van der Waals surface area contributed by atoms with Crippen molar-refractivity contribution in [3.8, 4) is 0 Å². The molecule has 0 aromatic rings. The summed E-state index contributed by atoms with van der Waals surface area (Å²) in [6.45, 7) is 4.87. The van der Waals surface area contributed by atoms with Crippen molar-refractivity contribution in [1.82, 2.24) is 0 Å². The van der Waals surface area contributed by atoms with E-state index >= 15 is 0 Å². The molecule has 0 radical (unpaired) electrons. The molecular weight excluding hydrogens is 130 g/mol. The second-order valence-electron chi connectivity index (χ2n) is 2.48. The standard InChI is InChI=1S/C7H17NO2/c1-3-4-10-5-7(8)6(2)9/h6-7,9H,3-5,8H2,1-2H3/t6?,7-/m1/s1. The van der Waals surface area contributed by atoms with E-state index in [0.29, 0.717) is 6.61 Å². The maximum Gasteiger partial charge on any atom is 0.0685 e. The van der Waals surface area contributed by atoms with Gasteiger partial charge in [0, 0.05) is 6.61 Å². The normalized spacial score (nSPS) is 16.8. The minimum atomic E-state index is -0.475. The predicted molar refractivity (Wildman–Crippen MR) is 40.8 cm³/mol. The average Bonchev–Trinajstić information content (AvgIpc) is 1.88. The summed E-state index contributed by atoms with van der Waals surface area (Å²) in [7, 11) is 0. The second-order valence-corrected chi connectivity index (χ2v) is 2.48. The molecule has 0 aromatic carbocycles. The zero-order valence-electron chi connectivity index (χ0n) is 6.71. The van der Waals surface area contributed by atoms with Gasteiger partial charge in [-0.05, 0) is 13.3 Å². The first kappa shape index (κ1) is 9.88. The summed E-state index contributed by atoms with van der Waals surface area (Å²) < 4.78 is 5.12. The lowest BCUT2D eigenvalue weighted by Crippen LogP contribution is -2.36. The van der Waals surface area contributed by atoms with Crippen molar-refractivity contribution in [2.24, 2.45) is 5.73 Å². The summed E-state index contributed by atoms with van der Waals surface area (Å²) in [6.07, 6.45) is 0.517. The summed E-state index contributed by atoms with van der Waals surface area (Å²) in [5, 5.41) is 8.92. The lowest BCUT2D eigenvalue weighted by atomic mass is 10.2. The molecule has 0 saturated carbocycles. The molecule has 0 aromatic heterocycles. The molecule has 0 heterocycles. The Balaban J connectivity index is 3.13. The van der Waals surface area contributed by atoms with E-state index < -0.39 is 6.10 Å². The van der Waals surface area contributed by atoms with Crippen LogP contribution in [0.1, 0.15) is 20.3 Å². The molecule has 0 aliphatic rings. The summed E-state index contributed by atoms with van der Waals surface area (Å²) in [5.74, 6) is 0. The first-order chi connectivity index (χ1) is 4.68. The van der Waals surface area contributed by atoms with E-state index in [9.17, 15) is 0 Å². The van der Waals surface area contributed by atoms with Crippen LogP contribution < -0.4 is 5.73 Å². The highest BCUT2D eigenvalue weighted by atomic mass is 16.5. The monoisotopic (exact) mass is 147 g/mol. The van der Waals surface area contributed by atoms with Gasteiger partial charge in [-0.1, -0.05) is 6.92 Å². The number of ether oxygens (including phenoxy) is 1. The minimum absolute atomic E-state index is 0.244. The summed E-state index contributed by atoms with van der Waals surface area (Å²) in [6, 6.07) is -0.244. The number of hydrogen-bond donors (Lipinski definition) is 2.